The summed E-state index contributed by atoms with van der Waals surface area (Å²) in [7, 11) is 0. The first kappa shape index (κ1) is 16.0. The molecule has 1 aliphatic heterocycles. The Kier molecular flexibility index (Phi) is 5.76. The third kappa shape index (κ3) is 4.05. The van der Waals surface area contributed by atoms with Crippen LogP contribution in [0.2, 0.25) is 0 Å². The summed E-state index contributed by atoms with van der Waals surface area (Å²) in [6, 6.07) is 9.89. The molecule has 1 aromatic rings. The van der Waals surface area contributed by atoms with Gasteiger partial charge in [-0.2, -0.15) is 0 Å². The normalized spacial score (nSPS) is 21.0. The van der Waals surface area contributed by atoms with Crippen LogP contribution in [0.4, 0.5) is 5.69 Å². The molecular weight excluding hydrogens is 264 g/mol. The Morgan fingerprint density at radius 2 is 2.10 bits per heavy atom. The predicted molar refractivity (Wildman–Crippen MR) is 85.4 cm³/mol. The lowest BCUT2D eigenvalue weighted by Crippen LogP contribution is -2.50. The van der Waals surface area contributed by atoms with Gasteiger partial charge in [0.2, 0.25) is 5.91 Å². The highest BCUT2D eigenvalue weighted by Gasteiger charge is 2.29. The molecule has 1 saturated heterocycles. The molecule has 0 saturated carbocycles. The minimum atomic E-state index is -0.384. The number of rotatable bonds is 5. The average molecular weight is 290 g/mol. The number of piperidine rings is 1. The number of hydrogen-bond acceptors (Lipinski definition) is 3. The number of anilines is 1. The van der Waals surface area contributed by atoms with Gasteiger partial charge in [-0.25, -0.2) is 0 Å². The summed E-state index contributed by atoms with van der Waals surface area (Å²) < 4.78 is 0. The molecule has 4 nitrogen and oxygen atoms in total. The summed E-state index contributed by atoms with van der Waals surface area (Å²) in [5, 5.41) is 9.91. The van der Waals surface area contributed by atoms with Crippen LogP contribution in [0.3, 0.4) is 0 Å². The minimum Gasteiger partial charge on any atom is -0.392 e. The van der Waals surface area contributed by atoms with Crippen molar-refractivity contribution in [1.29, 1.82) is 0 Å². The number of aliphatic hydroxyl groups excluding tert-OH is 1. The fourth-order valence-electron chi connectivity index (χ4n) is 3.13. The zero-order valence-corrected chi connectivity index (χ0v) is 13.0. The largest absolute Gasteiger partial charge is 0.392 e. The van der Waals surface area contributed by atoms with Crippen LogP contribution in [-0.2, 0) is 4.79 Å². The molecule has 0 radical (unpaired) electrons. The molecule has 2 rings (SSSR count). The van der Waals surface area contributed by atoms with E-state index in [1.807, 2.05) is 49.1 Å². The molecule has 1 aliphatic rings. The molecule has 4 heteroatoms. The van der Waals surface area contributed by atoms with Gasteiger partial charge >= 0.3 is 0 Å². The van der Waals surface area contributed by atoms with Crippen molar-refractivity contribution in [1.82, 2.24) is 4.90 Å². The third-order valence-electron chi connectivity index (χ3n) is 4.24. The molecule has 1 amide bonds. The molecule has 1 fully saturated rings. The topological polar surface area (TPSA) is 43.8 Å². The number of benzene rings is 1. The second-order valence-corrected chi connectivity index (χ2v) is 5.75. The Labute approximate surface area is 127 Å². The number of likely N-dealkylation sites (tertiary alicyclic amines) is 1. The molecule has 0 aliphatic carbocycles. The smallest absolute Gasteiger partial charge is 0.241 e. The standard InChI is InChI=1S/C17H26N2O2/c1-3-19(15-9-5-4-6-10-15)17(21)13-18-12-8-7-11-16(18)14(2)20/h4-6,9-10,14,16,20H,3,7-8,11-13H2,1-2H3. The van der Waals surface area contributed by atoms with Crippen LogP contribution in [-0.4, -0.2) is 47.7 Å². The number of carbonyl (C=O) groups excluding carboxylic acids is 1. The monoisotopic (exact) mass is 290 g/mol. The fourth-order valence-corrected chi connectivity index (χ4v) is 3.13. The van der Waals surface area contributed by atoms with Crippen LogP contribution >= 0.6 is 0 Å². The molecule has 1 heterocycles. The summed E-state index contributed by atoms with van der Waals surface area (Å²) in [5.74, 6) is 0.108. The summed E-state index contributed by atoms with van der Waals surface area (Å²) in [6.07, 6.45) is 2.83. The maximum atomic E-state index is 12.6. The highest BCUT2D eigenvalue weighted by atomic mass is 16.3. The van der Waals surface area contributed by atoms with E-state index >= 15 is 0 Å². The minimum absolute atomic E-state index is 0.108. The van der Waals surface area contributed by atoms with Crippen molar-refractivity contribution in [2.45, 2.75) is 45.3 Å². The van der Waals surface area contributed by atoms with Gasteiger partial charge in [0.15, 0.2) is 0 Å². The van der Waals surface area contributed by atoms with Gasteiger partial charge in [0, 0.05) is 18.3 Å². The van der Waals surface area contributed by atoms with E-state index in [1.165, 1.54) is 0 Å². The number of likely N-dealkylation sites (N-methyl/N-ethyl adjacent to an activating group) is 1. The molecule has 1 aromatic carbocycles. The average Bonchev–Trinajstić information content (AvgIpc) is 2.49. The molecule has 21 heavy (non-hydrogen) atoms. The second-order valence-electron chi connectivity index (χ2n) is 5.75. The van der Waals surface area contributed by atoms with Crippen molar-refractivity contribution >= 4 is 11.6 Å². The van der Waals surface area contributed by atoms with E-state index in [9.17, 15) is 9.90 Å². The maximum absolute atomic E-state index is 12.6. The summed E-state index contributed by atoms with van der Waals surface area (Å²) in [6.45, 7) is 5.76. The molecule has 0 spiro atoms. The van der Waals surface area contributed by atoms with Crippen LogP contribution in [0.5, 0.6) is 0 Å². The van der Waals surface area contributed by atoms with Crippen molar-refractivity contribution in [3.63, 3.8) is 0 Å². The van der Waals surface area contributed by atoms with Crippen molar-refractivity contribution in [3.05, 3.63) is 30.3 Å². The number of para-hydroxylation sites is 1. The van der Waals surface area contributed by atoms with Gasteiger partial charge in [-0.15, -0.1) is 0 Å². The van der Waals surface area contributed by atoms with E-state index in [0.717, 1.165) is 31.5 Å². The van der Waals surface area contributed by atoms with E-state index < -0.39 is 0 Å². The van der Waals surface area contributed by atoms with Crippen LogP contribution in [0.25, 0.3) is 0 Å². The van der Waals surface area contributed by atoms with Gasteiger partial charge in [0.25, 0.3) is 0 Å². The molecule has 0 aromatic heterocycles. The molecule has 1 N–H and O–H groups in total. The van der Waals surface area contributed by atoms with Crippen molar-refractivity contribution in [2.75, 3.05) is 24.5 Å². The van der Waals surface area contributed by atoms with E-state index in [0.29, 0.717) is 13.1 Å². The number of nitrogens with zero attached hydrogens (tertiary/aromatic N) is 2. The molecule has 116 valence electrons. The van der Waals surface area contributed by atoms with Crippen molar-refractivity contribution < 1.29 is 9.90 Å². The Bertz CT molecular complexity index is 447. The molecule has 2 unspecified atom stereocenters. The zero-order valence-electron chi connectivity index (χ0n) is 13.0. The second kappa shape index (κ2) is 7.57. The van der Waals surface area contributed by atoms with E-state index in [2.05, 4.69) is 4.90 Å². The number of aliphatic hydroxyl groups is 1. The number of hydrogen-bond donors (Lipinski definition) is 1. The number of amides is 1. The van der Waals surface area contributed by atoms with Gasteiger partial charge in [-0.05, 0) is 45.4 Å². The molecular formula is C17H26N2O2. The van der Waals surface area contributed by atoms with Crippen LogP contribution in [0.1, 0.15) is 33.1 Å². The van der Waals surface area contributed by atoms with Crippen LogP contribution < -0.4 is 4.90 Å². The lowest BCUT2D eigenvalue weighted by Gasteiger charge is -2.38. The molecule has 2 atom stereocenters. The van der Waals surface area contributed by atoms with Gasteiger partial charge in [-0.1, -0.05) is 24.6 Å². The summed E-state index contributed by atoms with van der Waals surface area (Å²) >= 11 is 0. The fraction of sp³-hybridized carbons (Fsp3) is 0.588. The third-order valence-corrected chi connectivity index (χ3v) is 4.24. The SMILES string of the molecule is CCN(C(=O)CN1CCCCC1C(C)O)c1ccccc1. The van der Waals surface area contributed by atoms with Crippen LogP contribution in [0.15, 0.2) is 30.3 Å². The Hall–Kier alpha value is -1.39. The van der Waals surface area contributed by atoms with Crippen LogP contribution in [0, 0.1) is 0 Å². The van der Waals surface area contributed by atoms with E-state index in [-0.39, 0.29) is 18.1 Å². The predicted octanol–water partition coefficient (Wildman–Crippen LogP) is 2.27. The first-order valence-corrected chi connectivity index (χ1v) is 7.91. The first-order chi connectivity index (χ1) is 10.1. The van der Waals surface area contributed by atoms with Gasteiger partial charge in [0.1, 0.15) is 0 Å². The highest BCUT2D eigenvalue weighted by Crippen LogP contribution is 2.21. The molecule has 0 bridgehead atoms. The van der Waals surface area contributed by atoms with Crippen molar-refractivity contribution in [2.24, 2.45) is 0 Å². The van der Waals surface area contributed by atoms with Crippen molar-refractivity contribution in [3.8, 4) is 0 Å². The summed E-state index contributed by atoms with van der Waals surface area (Å²) in [4.78, 5) is 16.6. The lowest BCUT2D eigenvalue weighted by atomic mass is 9.98. The van der Waals surface area contributed by atoms with Gasteiger partial charge in [0.05, 0.1) is 12.6 Å². The van der Waals surface area contributed by atoms with Gasteiger partial charge < -0.3 is 10.0 Å². The zero-order chi connectivity index (χ0) is 15.2. The Morgan fingerprint density at radius 1 is 1.38 bits per heavy atom. The summed E-state index contributed by atoms with van der Waals surface area (Å²) in [5.41, 5.74) is 0.940. The Morgan fingerprint density at radius 3 is 2.71 bits per heavy atom. The highest BCUT2D eigenvalue weighted by molar-refractivity contribution is 5.94. The van der Waals surface area contributed by atoms with E-state index in [4.69, 9.17) is 0 Å². The Balaban J connectivity index is 2.04. The first-order valence-electron chi connectivity index (χ1n) is 7.91. The quantitative estimate of drug-likeness (QED) is 0.905. The van der Waals surface area contributed by atoms with E-state index in [1.54, 1.807) is 0 Å². The lowest BCUT2D eigenvalue weighted by molar-refractivity contribution is -0.121. The maximum Gasteiger partial charge on any atom is 0.241 e. The van der Waals surface area contributed by atoms with Gasteiger partial charge in [-0.3, -0.25) is 9.69 Å². The number of carbonyl (C=O) groups is 1.